The summed E-state index contributed by atoms with van der Waals surface area (Å²) in [6.45, 7) is 18.7. The molecule has 0 amide bonds. The second-order valence-electron chi connectivity index (χ2n) is 16.7. The molecule has 4 fully saturated rings. The summed E-state index contributed by atoms with van der Waals surface area (Å²) < 4.78 is 0. The largest absolute Gasteiger partial charge is 0.511 e. The Morgan fingerprint density at radius 1 is 1.03 bits per heavy atom. The van der Waals surface area contributed by atoms with Gasteiger partial charge in [-0.2, -0.15) is 5.26 Å². The molecule has 1 heterocycles. The smallest absolute Gasteiger partial charge is 0.159 e. The molecule has 1 aliphatic heterocycles. The van der Waals surface area contributed by atoms with E-state index >= 15 is 0 Å². The van der Waals surface area contributed by atoms with Crippen molar-refractivity contribution in [2.45, 2.75) is 106 Å². The summed E-state index contributed by atoms with van der Waals surface area (Å²) in [6.07, 6.45) is 10.1. The van der Waals surface area contributed by atoms with E-state index in [-0.39, 0.29) is 50.8 Å². The van der Waals surface area contributed by atoms with Gasteiger partial charge >= 0.3 is 0 Å². The number of likely N-dealkylation sites (tertiary alicyclic amines) is 1. The Labute approximate surface area is 235 Å². The number of rotatable bonds is 2. The number of aliphatic hydroxyl groups is 2. The quantitative estimate of drug-likeness (QED) is 0.417. The molecule has 6 rings (SSSR count). The van der Waals surface area contributed by atoms with Crippen LogP contribution in [0.2, 0.25) is 0 Å². The van der Waals surface area contributed by atoms with Crippen LogP contribution in [0, 0.1) is 61.6 Å². The van der Waals surface area contributed by atoms with Crippen LogP contribution in [-0.2, 0) is 4.79 Å². The van der Waals surface area contributed by atoms with E-state index in [1.54, 1.807) is 0 Å². The molecular formula is C34H50N2O3. The molecule has 0 aromatic carbocycles. The maximum Gasteiger partial charge on any atom is 0.159 e. The fraction of sp³-hybridized carbons (Fsp3) is 0.824. The van der Waals surface area contributed by atoms with Gasteiger partial charge in [-0.25, -0.2) is 0 Å². The summed E-state index contributed by atoms with van der Waals surface area (Å²) in [5.41, 5.74) is 1.10. The Kier molecular flexibility index (Phi) is 5.80. The van der Waals surface area contributed by atoms with Crippen LogP contribution < -0.4 is 0 Å². The summed E-state index contributed by atoms with van der Waals surface area (Å²) in [5.74, 6) is 1.14. The standard InChI is InChI=1S/C34H50N2O3/c1-29(2)10-12-34(20-36-18-22(37)19-36)13-11-33(7)27(23(34)16-29)24(38)14-26-31(5)15-21(17-35)28(39)30(3,4)25(31)8-9-32(26,33)6/h14,22-23,25,27,37,39H,8-13,15-16,18-20H2,1-7H3/t23-,25-,27-,31-,32+,33+,34+/m0/s1. The van der Waals surface area contributed by atoms with Gasteiger partial charge in [0.05, 0.1) is 17.7 Å². The van der Waals surface area contributed by atoms with Gasteiger partial charge < -0.3 is 10.2 Å². The number of aliphatic hydroxyl groups excluding tert-OH is 2. The number of β-amino-alcohol motifs (C(OH)–C–C–N with tert-alkyl or cyclic N) is 1. The molecule has 0 aromatic rings. The highest BCUT2D eigenvalue weighted by atomic mass is 16.3. The van der Waals surface area contributed by atoms with Crippen molar-refractivity contribution in [3.05, 3.63) is 23.0 Å². The number of hydrogen-bond acceptors (Lipinski definition) is 5. The first-order chi connectivity index (χ1) is 18.0. The van der Waals surface area contributed by atoms with Gasteiger partial charge in [0.25, 0.3) is 0 Å². The highest BCUT2D eigenvalue weighted by Crippen LogP contribution is 2.75. The van der Waals surface area contributed by atoms with E-state index in [9.17, 15) is 20.3 Å². The minimum atomic E-state index is -0.488. The molecule has 0 radical (unpaired) electrons. The number of carbonyl (C=O) groups is 1. The molecule has 5 nitrogen and oxygen atoms in total. The monoisotopic (exact) mass is 534 g/mol. The van der Waals surface area contributed by atoms with Crippen molar-refractivity contribution in [1.82, 2.24) is 4.90 Å². The second-order valence-corrected chi connectivity index (χ2v) is 16.7. The zero-order chi connectivity index (χ0) is 28.4. The van der Waals surface area contributed by atoms with Gasteiger partial charge in [-0.15, -0.1) is 0 Å². The van der Waals surface area contributed by atoms with Gasteiger partial charge in [0.1, 0.15) is 5.76 Å². The average Bonchev–Trinajstić information content (AvgIpc) is 2.82. The summed E-state index contributed by atoms with van der Waals surface area (Å²) in [6, 6.07) is 2.33. The molecule has 6 aliphatic rings. The first-order valence-electron chi connectivity index (χ1n) is 15.5. The predicted octanol–water partition coefficient (Wildman–Crippen LogP) is 6.59. The maximum atomic E-state index is 14.6. The molecule has 214 valence electrons. The first kappa shape index (κ1) is 27.5. The molecule has 2 N–H and O–H groups in total. The number of fused-ring (bicyclic) bond motifs is 7. The molecular weight excluding hydrogens is 484 g/mol. The van der Waals surface area contributed by atoms with Crippen LogP contribution in [0.15, 0.2) is 23.0 Å². The van der Waals surface area contributed by atoms with Crippen LogP contribution in [0.4, 0.5) is 0 Å². The van der Waals surface area contributed by atoms with Crippen molar-refractivity contribution in [3.8, 4) is 6.07 Å². The van der Waals surface area contributed by atoms with Crippen LogP contribution in [-0.4, -0.2) is 46.6 Å². The van der Waals surface area contributed by atoms with E-state index in [4.69, 9.17) is 0 Å². The van der Waals surface area contributed by atoms with E-state index in [1.807, 2.05) is 0 Å². The minimum absolute atomic E-state index is 0.0157. The Bertz CT molecular complexity index is 1200. The second kappa shape index (κ2) is 8.22. The lowest BCUT2D eigenvalue weighted by atomic mass is 9.34. The number of ketones is 1. The highest BCUT2D eigenvalue weighted by Gasteiger charge is 2.70. The molecule has 0 spiro atoms. The number of nitriles is 1. The fourth-order valence-corrected chi connectivity index (χ4v) is 11.4. The van der Waals surface area contributed by atoms with Crippen LogP contribution >= 0.6 is 0 Å². The summed E-state index contributed by atoms with van der Waals surface area (Å²) in [4.78, 5) is 17.0. The van der Waals surface area contributed by atoms with Crippen molar-refractivity contribution < 1.29 is 15.0 Å². The van der Waals surface area contributed by atoms with E-state index in [2.05, 4.69) is 65.5 Å². The highest BCUT2D eigenvalue weighted by molar-refractivity contribution is 5.95. The van der Waals surface area contributed by atoms with Crippen LogP contribution in [0.25, 0.3) is 0 Å². The number of allylic oxidation sites excluding steroid dienone is 4. The zero-order valence-electron chi connectivity index (χ0n) is 25.4. The molecule has 3 saturated carbocycles. The topological polar surface area (TPSA) is 84.6 Å². The third kappa shape index (κ3) is 3.52. The first-order valence-corrected chi connectivity index (χ1v) is 15.5. The van der Waals surface area contributed by atoms with Crippen LogP contribution in [0.5, 0.6) is 0 Å². The summed E-state index contributed by atoms with van der Waals surface area (Å²) in [7, 11) is 0. The van der Waals surface area contributed by atoms with Crippen LogP contribution in [0.1, 0.15) is 99.8 Å². The predicted molar refractivity (Wildman–Crippen MR) is 153 cm³/mol. The zero-order valence-corrected chi connectivity index (χ0v) is 25.4. The SMILES string of the molecule is CC1(C)CC[C@]2(CN3CC(O)C3)CC[C@]3(C)[C@H](C(=O)C=C4[C@@]5(C)CC(C#N)=C(O)C(C)(C)[C@@H]5CC[C@]43C)[C@@H]2C1. The molecule has 0 aromatic heterocycles. The van der Waals surface area contributed by atoms with Crippen molar-refractivity contribution in [2.75, 3.05) is 19.6 Å². The number of hydrogen-bond donors (Lipinski definition) is 2. The van der Waals surface area contributed by atoms with Crippen molar-refractivity contribution >= 4 is 5.78 Å². The number of carbonyl (C=O) groups excluding carboxylic acids is 1. The van der Waals surface area contributed by atoms with Gasteiger partial charge in [-0.1, -0.05) is 54.0 Å². The third-order valence-electron chi connectivity index (χ3n) is 13.8. The van der Waals surface area contributed by atoms with Crippen LogP contribution in [0.3, 0.4) is 0 Å². The molecule has 1 saturated heterocycles. The van der Waals surface area contributed by atoms with Gasteiger partial charge in [0.15, 0.2) is 5.78 Å². The maximum absolute atomic E-state index is 14.6. The van der Waals surface area contributed by atoms with Crippen molar-refractivity contribution in [3.63, 3.8) is 0 Å². The molecule has 7 atom stereocenters. The molecule has 0 bridgehead atoms. The Morgan fingerprint density at radius 3 is 2.33 bits per heavy atom. The Morgan fingerprint density at radius 2 is 1.69 bits per heavy atom. The number of nitrogens with zero attached hydrogens (tertiary/aromatic N) is 2. The fourth-order valence-electron chi connectivity index (χ4n) is 11.4. The molecule has 39 heavy (non-hydrogen) atoms. The van der Waals surface area contributed by atoms with Crippen molar-refractivity contribution in [1.29, 1.82) is 5.26 Å². The normalized spacial score (nSPS) is 47.1. The Balaban J connectivity index is 1.45. The minimum Gasteiger partial charge on any atom is -0.511 e. The Hall–Kier alpha value is -1.64. The average molecular weight is 535 g/mol. The van der Waals surface area contributed by atoms with E-state index < -0.39 is 5.41 Å². The summed E-state index contributed by atoms with van der Waals surface area (Å²) >= 11 is 0. The lowest BCUT2D eigenvalue weighted by molar-refractivity contribution is -0.180. The molecule has 5 heteroatoms. The van der Waals surface area contributed by atoms with Crippen molar-refractivity contribution in [2.24, 2.45) is 50.2 Å². The van der Waals surface area contributed by atoms with E-state index in [0.29, 0.717) is 23.7 Å². The van der Waals surface area contributed by atoms with Gasteiger partial charge in [-0.05, 0) is 96.4 Å². The summed E-state index contributed by atoms with van der Waals surface area (Å²) in [5, 5.41) is 31.1. The van der Waals surface area contributed by atoms with Gasteiger partial charge in [0.2, 0.25) is 0 Å². The molecule has 5 aliphatic carbocycles. The lowest BCUT2D eigenvalue weighted by Crippen LogP contribution is -2.66. The van der Waals surface area contributed by atoms with Gasteiger partial charge in [-0.3, -0.25) is 9.69 Å². The van der Waals surface area contributed by atoms with Gasteiger partial charge in [0, 0.05) is 31.0 Å². The van der Waals surface area contributed by atoms with E-state index in [1.165, 1.54) is 18.4 Å². The lowest BCUT2D eigenvalue weighted by Gasteiger charge is -2.70. The molecule has 0 unspecified atom stereocenters. The third-order valence-corrected chi connectivity index (χ3v) is 13.8. The van der Waals surface area contributed by atoms with E-state index in [0.717, 1.165) is 51.7 Å².